The molecule has 0 bridgehead atoms. The predicted molar refractivity (Wildman–Crippen MR) is 104 cm³/mol. The Morgan fingerprint density at radius 2 is 1.65 bits per heavy atom. The number of fused-ring (bicyclic) bond motifs is 1. The smallest absolute Gasteiger partial charge is 0.146 e. The van der Waals surface area contributed by atoms with Gasteiger partial charge in [-0.3, -0.25) is 0 Å². The highest BCUT2D eigenvalue weighted by molar-refractivity contribution is 6.00. The van der Waals surface area contributed by atoms with Crippen LogP contribution in [0.1, 0.15) is 11.6 Å². The summed E-state index contributed by atoms with van der Waals surface area (Å²) in [6.07, 6.45) is 4.20. The van der Waals surface area contributed by atoms with Crippen molar-refractivity contribution in [1.29, 1.82) is 0 Å². The van der Waals surface area contributed by atoms with Crippen molar-refractivity contribution in [3.05, 3.63) is 78.8 Å². The highest BCUT2D eigenvalue weighted by Gasteiger charge is 2.20. The lowest BCUT2D eigenvalue weighted by molar-refractivity contribution is 0.230. The van der Waals surface area contributed by atoms with E-state index < -0.39 is 0 Å². The Kier molecular flexibility index (Phi) is 4.37. The van der Waals surface area contributed by atoms with Crippen molar-refractivity contribution < 1.29 is 5.11 Å². The molecule has 2 aromatic heterocycles. The number of nitrogens with zero attached hydrogens (tertiary/aromatic N) is 3. The average molecular weight is 344 g/mol. The van der Waals surface area contributed by atoms with Crippen LogP contribution in [0.4, 0.5) is 5.82 Å². The summed E-state index contributed by atoms with van der Waals surface area (Å²) in [6, 6.07) is 20.0. The van der Waals surface area contributed by atoms with E-state index in [1.807, 2.05) is 59.3 Å². The monoisotopic (exact) mass is 344 g/mol. The summed E-state index contributed by atoms with van der Waals surface area (Å²) in [6.45, 7) is 0.0107. The molecule has 4 aromatic rings. The maximum Gasteiger partial charge on any atom is 0.146 e. The van der Waals surface area contributed by atoms with Crippen LogP contribution in [0.5, 0.6) is 0 Å². The van der Waals surface area contributed by atoms with E-state index in [-0.39, 0.29) is 12.6 Å². The zero-order chi connectivity index (χ0) is 17.9. The zero-order valence-electron chi connectivity index (χ0n) is 14.3. The third-order valence-electron chi connectivity index (χ3n) is 4.64. The summed E-state index contributed by atoms with van der Waals surface area (Å²) in [5, 5.41) is 10.9. The van der Waals surface area contributed by atoms with Crippen molar-refractivity contribution >= 4 is 16.9 Å². The average Bonchev–Trinajstić information content (AvgIpc) is 3.08. The Morgan fingerprint density at radius 1 is 0.962 bits per heavy atom. The SMILES string of the molecule is Nc1ncnc2c1c(-c1ccccc1)cn2[C@H](CO)Cc1ccccc1. The molecule has 4 rings (SSSR count). The third-order valence-corrected chi connectivity index (χ3v) is 4.64. The number of aliphatic hydroxyl groups excluding tert-OH is 1. The van der Waals surface area contributed by atoms with E-state index in [0.29, 0.717) is 12.2 Å². The highest BCUT2D eigenvalue weighted by atomic mass is 16.3. The van der Waals surface area contributed by atoms with Crippen LogP contribution in [0.15, 0.2) is 73.2 Å². The Bertz CT molecular complexity index is 1010. The van der Waals surface area contributed by atoms with Crippen molar-refractivity contribution in [2.75, 3.05) is 12.3 Å². The topological polar surface area (TPSA) is 77.0 Å². The molecule has 0 unspecified atom stereocenters. The van der Waals surface area contributed by atoms with E-state index in [9.17, 15) is 5.11 Å². The van der Waals surface area contributed by atoms with Crippen LogP contribution in [0.3, 0.4) is 0 Å². The van der Waals surface area contributed by atoms with Gasteiger partial charge < -0.3 is 15.4 Å². The highest BCUT2D eigenvalue weighted by Crippen LogP contribution is 2.34. The van der Waals surface area contributed by atoms with E-state index in [1.54, 1.807) is 0 Å². The molecule has 26 heavy (non-hydrogen) atoms. The van der Waals surface area contributed by atoms with E-state index in [0.717, 1.165) is 27.7 Å². The molecule has 130 valence electrons. The zero-order valence-corrected chi connectivity index (χ0v) is 14.3. The molecular weight excluding hydrogens is 324 g/mol. The van der Waals surface area contributed by atoms with Gasteiger partial charge in [-0.1, -0.05) is 60.7 Å². The van der Waals surface area contributed by atoms with Gasteiger partial charge in [-0.15, -0.1) is 0 Å². The first-order chi connectivity index (χ1) is 12.8. The van der Waals surface area contributed by atoms with Gasteiger partial charge in [0.25, 0.3) is 0 Å². The van der Waals surface area contributed by atoms with Crippen LogP contribution < -0.4 is 5.73 Å². The summed E-state index contributed by atoms with van der Waals surface area (Å²) >= 11 is 0. The minimum Gasteiger partial charge on any atom is -0.394 e. The molecule has 0 aliphatic heterocycles. The van der Waals surface area contributed by atoms with Crippen LogP contribution in [0.2, 0.25) is 0 Å². The van der Waals surface area contributed by atoms with Gasteiger partial charge in [-0.25, -0.2) is 9.97 Å². The molecule has 0 fully saturated rings. The molecule has 3 N–H and O–H groups in total. The van der Waals surface area contributed by atoms with Gasteiger partial charge in [0.15, 0.2) is 0 Å². The summed E-state index contributed by atoms with van der Waals surface area (Å²) in [7, 11) is 0. The second-order valence-electron chi connectivity index (χ2n) is 6.30. The standard InChI is InChI=1S/C21H20N4O/c22-20-19-18(16-9-5-2-6-10-16)12-25(21(19)24-14-23-20)17(13-26)11-15-7-3-1-4-8-15/h1-10,12,14,17,26H,11,13H2,(H2,22,23,24)/t17-/m0/s1. The molecule has 1 atom stereocenters. The molecule has 0 aliphatic carbocycles. The molecule has 2 aromatic carbocycles. The molecule has 2 heterocycles. The number of nitrogen functional groups attached to an aromatic ring is 1. The number of rotatable bonds is 5. The van der Waals surface area contributed by atoms with Gasteiger partial charge >= 0.3 is 0 Å². The van der Waals surface area contributed by atoms with E-state index in [1.165, 1.54) is 6.33 Å². The first kappa shape index (κ1) is 16.3. The summed E-state index contributed by atoms with van der Waals surface area (Å²) in [5.74, 6) is 0.448. The van der Waals surface area contributed by atoms with Crippen molar-refractivity contribution in [1.82, 2.24) is 14.5 Å². The first-order valence-corrected chi connectivity index (χ1v) is 8.59. The minimum absolute atomic E-state index is 0.0107. The maximum atomic E-state index is 10.1. The van der Waals surface area contributed by atoms with Crippen LogP contribution in [-0.4, -0.2) is 26.2 Å². The fourth-order valence-corrected chi connectivity index (χ4v) is 3.36. The van der Waals surface area contributed by atoms with Gasteiger partial charge in [-0.05, 0) is 17.5 Å². The number of nitrogens with two attached hydrogens (primary N) is 1. The fourth-order valence-electron chi connectivity index (χ4n) is 3.36. The number of hydrogen-bond donors (Lipinski definition) is 2. The molecule has 5 heteroatoms. The van der Waals surface area contributed by atoms with Gasteiger partial charge in [0.1, 0.15) is 17.8 Å². The number of aromatic nitrogens is 3. The van der Waals surface area contributed by atoms with Crippen LogP contribution >= 0.6 is 0 Å². The van der Waals surface area contributed by atoms with Gasteiger partial charge in [0, 0.05) is 11.8 Å². The molecule has 0 aliphatic rings. The van der Waals surface area contributed by atoms with E-state index in [2.05, 4.69) is 22.1 Å². The Hall–Kier alpha value is -3.18. The normalized spacial score (nSPS) is 12.3. The molecule has 0 saturated carbocycles. The second kappa shape index (κ2) is 6.98. The molecule has 0 saturated heterocycles. The number of benzene rings is 2. The van der Waals surface area contributed by atoms with Crippen molar-refractivity contribution in [2.45, 2.75) is 12.5 Å². The fraction of sp³-hybridized carbons (Fsp3) is 0.143. The Labute approximate surface area is 151 Å². The number of hydrogen-bond acceptors (Lipinski definition) is 4. The molecule has 5 nitrogen and oxygen atoms in total. The van der Waals surface area contributed by atoms with Crippen LogP contribution in [0.25, 0.3) is 22.2 Å². The molecule has 0 amide bonds. The molecular formula is C21H20N4O. The predicted octanol–water partition coefficient (Wildman–Crippen LogP) is 3.46. The van der Waals surface area contributed by atoms with Crippen molar-refractivity contribution in [2.24, 2.45) is 0 Å². The van der Waals surface area contributed by atoms with Crippen LogP contribution in [0, 0.1) is 0 Å². The molecule has 0 spiro atoms. The van der Waals surface area contributed by atoms with E-state index >= 15 is 0 Å². The maximum absolute atomic E-state index is 10.1. The summed E-state index contributed by atoms with van der Waals surface area (Å²) < 4.78 is 2.02. The quantitative estimate of drug-likeness (QED) is 0.581. The van der Waals surface area contributed by atoms with Gasteiger partial charge in [0.2, 0.25) is 0 Å². The third kappa shape index (κ3) is 2.93. The lowest BCUT2D eigenvalue weighted by Crippen LogP contribution is -2.15. The van der Waals surface area contributed by atoms with E-state index in [4.69, 9.17) is 5.73 Å². The largest absolute Gasteiger partial charge is 0.394 e. The first-order valence-electron chi connectivity index (χ1n) is 8.59. The van der Waals surface area contributed by atoms with Crippen molar-refractivity contribution in [3.8, 4) is 11.1 Å². The summed E-state index contributed by atoms with van der Waals surface area (Å²) in [5.41, 5.74) is 10.1. The lowest BCUT2D eigenvalue weighted by Gasteiger charge is -2.17. The van der Waals surface area contributed by atoms with Crippen molar-refractivity contribution in [3.63, 3.8) is 0 Å². The number of aliphatic hydroxyl groups is 1. The Morgan fingerprint density at radius 3 is 2.35 bits per heavy atom. The Balaban J connectivity index is 1.86. The molecule has 0 radical (unpaired) electrons. The van der Waals surface area contributed by atoms with Gasteiger partial charge in [-0.2, -0.15) is 0 Å². The minimum atomic E-state index is -0.133. The lowest BCUT2D eigenvalue weighted by atomic mass is 10.1. The number of anilines is 1. The van der Waals surface area contributed by atoms with Crippen LogP contribution in [-0.2, 0) is 6.42 Å². The second-order valence-corrected chi connectivity index (χ2v) is 6.30. The van der Waals surface area contributed by atoms with Gasteiger partial charge in [0.05, 0.1) is 18.0 Å². The summed E-state index contributed by atoms with van der Waals surface area (Å²) in [4.78, 5) is 8.63.